The average Bonchev–Trinajstić information content (AvgIpc) is 2.69. The summed E-state index contributed by atoms with van der Waals surface area (Å²) in [6.45, 7) is 3.88. The van der Waals surface area contributed by atoms with E-state index in [0.717, 1.165) is 25.5 Å². The van der Waals surface area contributed by atoms with Gasteiger partial charge in [-0.25, -0.2) is 0 Å². The normalized spacial score (nSPS) is 11.0. The van der Waals surface area contributed by atoms with E-state index in [1.54, 1.807) is 0 Å². The predicted octanol–water partition coefficient (Wildman–Crippen LogP) is 5.91. The molecule has 0 fully saturated rings. The molecule has 1 heterocycles. The number of para-hydroxylation sites is 1. The second-order valence-electron chi connectivity index (χ2n) is 6.92. The van der Waals surface area contributed by atoms with Gasteiger partial charge >= 0.3 is 5.88 Å². The van der Waals surface area contributed by atoms with Crippen LogP contribution in [0.5, 0.6) is 5.88 Å². The van der Waals surface area contributed by atoms with E-state index in [0.29, 0.717) is 0 Å². The van der Waals surface area contributed by atoms with E-state index in [9.17, 15) is 0 Å². The van der Waals surface area contributed by atoms with E-state index in [4.69, 9.17) is 4.74 Å². The molecule has 0 aliphatic rings. The largest absolute Gasteiger partial charge is 0.444 e. The van der Waals surface area contributed by atoms with Gasteiger partial charge in [0.25, 0.3) is 0 Å². The van der Waals surface area contributed by atoms with Gasteiger partial charge in [0.15, 0.2) is 6.54 Å². The Morgan fingerprint density at radius 3 is 2.31 bits per heavy atom. The summed E-state index contributed by atoms with van der Waals surface area (Å²) in [5.41, 5.74) is 2.51. The molecule has 1 aromatic heterocycles. The van der Waals surface area contributed by atoms with Gasteiger partial charge in [-0.1, -0.05) is 81.5 Å². The Morgan fingerprint density at radius 2 is 1.46 bits per heavy atom. The van der Waals surface area contributed by atoms with E-state index in [-0.39, 0.29) is 0 Å². The number of unbranched alkanes of at least 4 members (excludes halogenated alkanes) is 5. The highest BCUT2D eigenvalue weighted by Gasteiger charge is 2.17. The molecule has 2 aromatic carbocycles. The summed E-state index contributed by atoms with van der Waals surface area (Å²) >= 11 is 0. The Hall–Kier alpha value is -2.35. The lowest BCUT2D eigenvalue weighted by atomic mass is 10.1. The molecule has 0 radical (unpaired) electrons. The second kappa shape index (κ2) is 9.96. The molecule has 0 amide bonds. The topological polar surface area (TPSA) is 13.1 Å². The number of rotatable bonds is 10. The zero-order valence-corrected chi connectivity index (χ0v) is 15.9. The third kappa shape index (κ3) is 5.08. The first-order chi connectivity index (χ1) is 12.9. The van der Waals surface area contributed by atoms with Gasteiger partial charge in [-0.05, 0) is 18.6 Å². The van der Waals surface area contributed by atoms with E-state index >= 15 is 0 Å². The maximum atomic E-state index is 6.19. The fraction of sp³-hybridized carbons (Fsp3) is 0.375. The predicted molar refractivity (Wildman–Crippen MR) is 109 cm³/mol. The quantitative estimate of drug-likeness (QED) is 0.328. The molecule has 0 saturated carbocycles. The first-order valence-corrected chi connectivity index (χ1v) is 9.97. The maximum Gasteiger partial charge on any atom is 0.368 e. The van der Waals surface area contributed by atoms with Crippen molar-refractivity contribution in [3.05, 3.63) is 72.3 Å². The molecule has 3 rings (SSSR count). The van der Waals surface area contributed by atoms with Crippen molar-refractivity contribution in [2.45, 2.75) is 52.0 Å². The van der Waals surface area contributed by atoms with Gasteiger partial charge in [0.1, 0.15) is 0 Å². The van der Waals surface area contributed by atoms with Crippen LogP contribution >= 0.6 is 0 Å². The second-order valence-corrected chi connectivity index (χ2v) is 6.92. The highest BCUT2D eigenvalue weighted by molar-refractivity contribution is 5.75. The Morgan fingerprint density at radius 1 is 0.731 bits per heavy atom. The van der Waals surface area contributed by atoms with Crippen molar-refractivity contribution in [2.75, 3.05) is 6.61 Å². The van der Waals surface area contributed by atoms with Gasteiger partial charge in [0.2, 0.25) is 5.52 Å². The van der Waals surface area contributed by atoms with Crippen molar-refractivity contribution in [2.24, 2.45) is 0 Å². The third-order valence-electron chi connectivity index (χ3n) is 4.83. The first kappa shape index (κ1) is 18.4. The van der Waals surface area contributed by atoms with Crippen molar-refractivity contribution in [3.8, 4) is 5.88 Å². The monoisotopic (exact) mass is 348 g/mol. The SMILES string of the molecule is CCCCCCCCOc1ccc2ccccc2[n+]1Cc1ccccc1. The molecule has 0 aliphatic carbocycles. The molecule has 0 aliphatic heterocycles. The van der Waals surface area contributed by atoms with Crippen LogP contribution in [-0.4, -0.2) is 6.61 Å². The molecule has 26 heavy (non-hydrogen) atoms. The van der Waals surface area contributed by atoms with E-state index in [2.05, 4.69) is 78.2 Å². The highest BCUT2D eigenvalue weighted by Crippen LogP contribution is 2.16. The van der Waals surface area contributed by atoms with E-state index < -0.39 is 0 Å². The van der Waals surface area contributed by atoms with E-state index in [1.807, 2.05) is 0 Å². The van der Waals surface area contributed by atoms with Gasteiger partial charge in [0, 0.05) is 17.0 Å². The molecular formula is C24H30NO+. The Labute approximate surface area is 157 Å². The highest BCUT2D eigenvalue weighted by atomic mass is 16.5. The molecule has 136 valence electrons. The van der Waals surface area contributed by atoms with Crippen LogP contribution in [0.3, 0.4) is 0 Å². The summed E-state index contributed by atoms with van der Waals surface area (Å²) in [6, 6.07) is 23.4. The minimum atomic E-state index is 0.791. The van der Waals surface area contributed by atoms with Crippen LogP contribution < -0.4 is 9.30 Å². The number of nitrogens with zero attached hydrogens (tertiary/aromatic N) is 1. The van der Waals surface area contributed by atoms with Crippen LogP contribution in [0.15, 0.2) is 66.7 Å². The van der Waals surface area contributed by atoms with Crippen LogP contribution in [-0.2, 0) is 6.54 Å². The minimum Gasteiger partial charge on any atom is -0.444 e. The number of benzene rings is 2. The summed E-state index contributed by atoms with van der Waals surface area (Å²) < 4.78 is 8.48. The number of fused-ring (bicyclic) bond motifs is 1. The lowest BCUT2D eigenvalue weighted by molar-refractivity contribution is -0.668. The first-order valence-electron chi connectivity index (χ1n) is 9.97. The summed E-state index contributed by atoms with van der Waals surface area (Å²) in [7, 11) is 0. The molecule has 0 bridgehead atoms. The van der Waals surface area contributed by atoms with Crippen LogP contribution in [0, 0.1) is 0 Å². The van der Waals surface area contributed by atoms with Crippen molar-refractivity contribution in [1.29, 1.82) is 0 Å². The van der Waals surface area contributed by atoms with Gasteiger partial charge in [-0.15, -0.1) is 0 Å². The van der Waals surface area contributed by atoms with Gasteiger partial charge in [-0.2, -0.15) is 4.57 Å². The third-order valence-corrected chi connectivity index (χ3v) is 4.83. The molecular weight excluding hydrogens is 318 g/mol. The van der Waals surface area contributed by atoms with Crippen LogP contribution in [0.1, 0.15) is 51.0 Å². The van der Waals surface area contributed by atoms with Gasteiger partial charge < -0.3 is 4.74 Å². The lowest BCUT2D eigenvalue weighted by Crippen LogP contribution is -2.37. The Kier molecular flexibility index (Phi) is 7.06. The zero-order valence-electron chi connectivity index (χ0n) is 15.9. The van der Waals surface area contributed by atoms with Crippen LogP contribution in [0.4, 0.5) is 0 Å². The summed E-state index contributed by atoms with van der Waals surface area (Å²) in [4.78, 5) is 0. The molecule has 2 nitrogen and oxygen atoms in total. The number of hydrogen-bond donors (Lipinski definition) is 0. The molecule has 0 unspecified atom stereocenters. The summed E-state index contributed by atoms with van der Waals surface area (Å²) in [6.07, 6.45) is 7.70. The van der Waals surface area contributed by atoms with Crippen molar-refractivity contribution in [3.63, 3.8) is 0 Å². The van der Waals surface area contributed by atoms with E-state index in [1.165, 1.54) is 48.6 Å². The van der Waals surface area contributed by atoms with Crippen LogP contribution in [0.2, 0.25) is 0 Å². The fourth-order valence-corrected chi connectivity index (χ4v) is 3.36. The van der Waals surface area contributed by atoms with Crippen molar-refractivity contribution >= 4 is 10.9 Å². The fourth-order valence-electron chi connectivity index (χ4n) is 3.36. The number of pyridine rings is 1. The number of ether oxygens (including phenoxy) is 1. The Bertz CT molecular complexity index is 798. The van der Waals surface area contributed by atoms with Crippen molar-refractivity contribution < 1.29 is 9.30 Å². The average molecular weight is 349 g/mol. The molecule has 0 saturated heterocycles. The molecule has 0 atom stereocenters. The smallest absolute Gasteiger partial charge is 0.368 e. The maximum absolute atomic E-state index is 6.19. The number of aromatic nitrogens is 1. The van der Waals surface area contributed by atoms with Crippen molar-refractivity contribution in [1.82, 2.24) is 0 Å². The lowest BCUT2D eigenvalue weighted by Gasteiger charge is -2.09. The summed E-state index contributed by atoms with van der Waals surface area (Å²) in [5, 5.41) is 1.25. The summed E-state index contributed by atoms with van der Waals surface area (Å²) in [5.74, 6) is 0.959. The van der Waals surface area contributed by atoms with Crippen LogP contribution in [0.25, 0.3) is 10.9 Å². The molecule has 0 spiro atoms. The van der Waals surface area contributed by atoms with Gasteiger partial charge in [-0.3, -0.25) is 0 Å². The molecule has 0 N–H and O–H groups in total. The molecule has 3 aromatic rings. The standard InChI is InChI=1S/C24H30NO/c1-2-3-4-5-6-12-19-26-24-18-17-22-15-10-11-16-23(22)25(24)20-21-13-8-7-9-14-21/h7-11,13-18H,2-6,12,19-20H2,1H3/q+1. The Balaban J connectivity index is 1.71. The minimum absolute atomic E-state index is 0.791. The molecule has 2 heteroatoms. The van der Waals surface area contributed by atoms with Gasteiger partial charge in [0.05, 0.1) is 12.7 Å². The zero-order chi connectivity index (χ0) is 18.0. The number of hydrogen-bond acceptors (Lipinski definition) is 1.